The minimum Gasteiger partial charge on any atom is -0.481 e. The van der Waals surface area contributed by atoms with Crippen molar-refractivity contribution in [3.63, 3.8) is 0 Å². The van der Waals surface area contributed by atoms with Crippen LogP contribution in [0.3, 0.4) is 0 Å². The summed E-state index contributed by atoms with van der Waals surface area (Å²) in [5.41, 5.74) is 3.44. The van der Waals surface area contributed by atoms with Crippen LogP contribution in [0.15, 0.2) is 77.5 Å². The van der Waals surface area contributed by atoms with Gasteiger partial charge in [0.1, 0.15) is 11.5 Å². The largest absolute Gasteiger partial charge is 0.481 e. The number of carbonyl (C=O) groups excluding carboxylic acids is 1. The van der Waals surface area contributed by atoms with Gasteiger partial charge in [-0.3, -0.25) is 9.78 Å². The van der Waals surface area contributed by atoms with Gasteiger partial charge < -0.3 is 14.1 Å². The molecule has 1 atom stereocenters. The van der Waals surface area contributed by atoms with Crippen molar-refractivity contribution in [2.24, 2.45) is 0 Å². The Labute approximate surface area is 168 Å². The smallest absolute Gasteiger partial charge is 0.263 e. The molecule has 0 aliphatic rings. The van der Waals surface area contributed by atoms with Crippen LogP contribution in [0.1, 0.15) is 12.7 Å². The van der Waals surface area contributed by atoms with E-state index >= 15 is 0 Å². The molecule has 6 nitrogen and oxygen atoms in total. The number of benzene rings is 2. The highest BCUT2D eigenvalue weighted by Gasteiger charge is 2.20. The summed E-state index contributed by atoms with van der Waals surface area (Å²) in [6, 6.07) is 18.9. The fraction of sp³-hybridized carbons (Fsp3) is 0.174. The number of rotatable bonds is 6. The molecule has 0 aliphatic heterocycles. The van der Waals surface area contributed by atoms with Crippen LogP contribution in [-0.4, -0.2) is 33.9 Å². The summed E-state index contributed by atoms with van der Waals surface area (Å²) in [6.07, 6.45) is 2.74. The number of aromatic nitrogens is 2. The number of hydrogen-bond acceptors (Lipinski definition) is 5. The quantitative estimate of drug-likeness (QED) is 0.493. The molecule has 0 saturated heterocycles. The van der Waals surface area contributed by atoms with Crippen LogP contribution in [0, 0.1) is 0 Å². The lowest BCUT2D eigenvalue weighted by Crippen LogP contribution is -2.37. The molecule has 2 aromatic heterocycles. The Bertz CT molecular complexity index is 1110. The first-order valence-corrected chi connectivity index (χ1v) is 9.36. The van der Waals surface area contributed by atoms with Gasteiger partial charge >= 0.3 is 0 Å². The molecule has 0 aliphatic carbocycles. The zero-order valence-electron chi connectivity index (χ0n) is 16.3. The van der Waals surface area contributed by atoms with Gasteiger partial charge in [-0.05, 0) is 55.5 Å². The Balaban J connectivity index is 1.42. The summed E-state index contributed by atoms with van der Waals surface area (Å²) >= 11 is 0. The summed E-state index contributed by atoms with van der Waals surface area (Å²) in [5, 5.41) is 0. The number of ether oxygens (including phenoxy) is 1. The molecule has 2 aromatic carbocycles. The second kappa shape index (κ2) is 8.14. The maximum absolute atomic E-state index is 12.5. The van der Waals surface area contributed by atoms with Crippen LogP contribution in [0.4, 0.5) is 0 Å². The molecule has 6 heteroatoms. The Morgan fingerprint density at radius 1 is 1.07 bits per heavy atom. The Morgan fingerprint density at radius 2 is 1.83 bits per heavy atom. The third-order valence-electron chi connectivity index (χ3n) is 4.61. The van der Waals surface area contributed by atoms with E-state index in [1.54, 1.807) is 37.4 Å². The molecule has 0 fully saturated rings. The van der Waals surface area contributed by atoms with Gasteiger partial charge in [-0.25, -0.2) is 4.98 Å². The van der Waals surface area contributed by atoms with Gasteiger partial charge in [0.25, 0.3) is 5.91 Å². The second-order valence-electron chi connectivity index (χ2n) is 6.80. The SMILES string of the molecule is C[C@@H](Oc1ccc(-c2cnc3ccccc3n2)cc1)C(=O)N(C)Cc1ccco1. The molecular formula is C23H21N3O3. The molecule has 0 unspecified atom stereocenters. The fourth-order valence-corrected chi connectivity index (χ4v) is 3.08. The first-order valence-electron chi connectivity index (χ1n) is 9.36. The van der Waals surface area contributed by atoms with Gasteiger partial charge in [0, 0.05) is 12.6 Å². The number of furan rings is 1. The first kappa shape index (κ1) is 18.7. The summed E-state index contributed by atoms with van der Waals surface area (Å²) in [4.78, 5) is 23.2. The van der Waals surface area contributed by atoms with Crippen molar-refractivity contribution in [1.29, 1.82) is 0 Å². The minimum absolute atomic E-state index is 0.120. The second-order valence-corrected chi connectivity index (χ2v) is 6.80. The molecule has 0 spiro atoms. The molecular weight excluding hydrogens is 366 g/mol. The van der Waals surface area contributed by atoms with Gasteiger partial charge in [0.15, 0.2) is 6.10 Å². The van der Waals surface area contributed by atoms with E-state index in [1.807, 2.05) is 54.6 Å². The Morgan fingerprint density at radius 3 is 2.55 bits per heavy atom. The number of amides is 1. The predicted molar refractivity (Wildman–Crippen MR) is 110 cm³/mol. The van der Waals surface area contributed by atoms with Crippen LogP contribution in [0.2, 0.25) is 0 Å². The van der Waals surface area contributed by atoms with E-state index in [2.05, 4.69) is 9.97 Å². The van der Waals surface area contributed by atoms with E-state index in [9.17, 15) is 4.79 Å². The number of likely N-dealkylation sites (N-methyl/N-ethyl adjacent to an activating group) is 1. The zero-order chi connectivity index (χ0) is 20.2. The standard InChI is InChI=1S/C23H21N3O3/c1-16(23(27)26(2)15-19-6-5-13-28-19)29-18-11-9-17(10-12-18)22-14-24-20-7-3-4-8-21(20)25-22/h3-14,16H,15H2,1-2H3/t16-/m1/s1. The van der Waals surface area contributed by atoms with Crippen molar-refractivity contribution in [2.75, 3.05) is 7.05 Å². The molecule has 4 rings (SSSR count). The molecule has 1 amide bonds. The average Bonchev–Trinajstić information content (AvgIpc) is 3.26. The maximum Gasteiger partial charge on any atom is 0.263 e. The van der Waals surface area contributed by atoms with E-state index in [-0.39, 0.29) is 5.91 Å². The third kappa shape index (κ3) is 4.27. The van der Waals surface area contributed by atoms with Gasteiger partial charge in [0.05, 0.1) is 35.7 Å². The minimum atomic E-state index is -0.610. The van der Waals surface area contributed by atoms with Crippen LogP contribution in [0.25, 0.3) is 22.3 Å². The number of fused-ring (bicyclic) bond motifs is 1. The topological polar surface area (TPSA) is 68.5 Å². The van der Waals surface area contributed by atoms with E-state index in [0.717, 1.165) is 28.1 Å². The van der Waals surface area contributed by atoms with Gasteiger partial charge in [-0.2, -0.15) is 0 Å². The van der Waals surface area contributed by atoms with Crippen LogP contribution < -0.4 is 4.74 Å². The lowest BCUT2D eigenvalue weighted by atomic mass is 10.1. The van der Waals surface area contributed by atoms with Crippen LogP contribution in [-0.2, 0) is 11.3 Å². The molecule has 4 aromatic rings. The van der Waals surface area contributed by atoms with E-state index in [0.29, 0.717) is 12.3 Å². The van der Waals surface area contributed by atoms with Crippen molar-refractivity contribution in [1.82, 2.24) is 14.9 Å². The predicted octanol–water partition coefficient (Wildman–Crippen LogP) is 4.32. The number of carbonyl (C=O) groups is 1. The lowest BCUT2D eigenvalue weighted by molar-refractivity contribution is -0.137. The normalized spacial score (nSPS) is 11.9. The number of hydrogen-bond donors (Lipinski definition) is 0. The summed E-state index contributed by atoms with van der Waals surface area (Å²) in [7, 11) is 1.73. The maximum atomic E-state index is 12.5. The molecule has 29 heavy (non-hydrogen) atoms. The number of para-hydroxylation sites is 2. The molecule has 2 heterocycles. The fourth-order valence-electron chi connectivity index (χ4n) is 3.08. The molecule has 0 bridgehead atoms. The van der Waals surface area contributed by atoms with Crippen molar-refractivity contribution in [3.8, 4) is 17.0 Å². The van der Waals surface area contributed by atoms with E-state index in [1.165, 1.54) is 0 Å². The van der Waals surface area contributed by atoms with E-state index < -0.39 is 6.10 Å². The van der Waals surface area contributed by atoms with Crippen molar-refractivity contribution >= 4 is 16.9 Å². The highest BCUT2D eigenvalue weighted by atomic mass is 16.5. The highest BCUT2D eigenvalue weighted by molar-refractivity contribution is 5.80. The van der Waals surface area contributed by atoms with Gasteiger partial charge in [-0.1, -0.05) is 12.1 Å². The Hall–Kier alpha value is -3.67. The van der Waals surface area contributed by atoms with Gasteiger partial charge in [0.2, 0.25) is 0 Å². The monoisotopic (exact) mass is 387 g/mol. The number of nitrogens with zero attached hydrogens (tertiary/aromatic N) is 3. The lowest BCUT2D eigenvalue weighted by Gasteiger charge is -2.21. The molecule has 0 saturated carbocycles. The van der Waals surface area contributed by atoms with Crippen LogP contribution >= 0.6 is 0 Å². The summed E-state index contributed by atoms with van der Waals surface area (Å²) in [6.45, 7) is 2.14. The highest BCUT2D eigenvalue weighted by Crippen LogP contribution is 2.23. The molecule has 0 N–H and O–H groups in total. The summed E-state index contributed by atoms with van der Waals surface area (Å²) in [5.74, 6) is 1.23. The van der Waals surface area contributed by atoms with Crippen molar-refractivity contribution in [3.05, 3.63) is 78.9 Å². The molecule has 146 valence electrons. The zero-order valence-corrected chi connectivity index (χ0v) is 16.3. The average molecular weight is 387 g/mol. The van der Waals surface area contributed by atoms with Crippen LogP contribution in [0.5, 0.6) is 5.75 Å². The van der Waals surface area contributed by atoms with Gasteiger partial charge in [-0.15, -0.1) is 0 Å². The summed E-state index contributed by atoms with van der Waals surface area (Å²) < 4.78 is 11.1. The first-order chi connectivity index (χ1) is 14.1. The van der Waals surface area contributed by atoms with E-state index in [4.69, 9.17) is 9.15 Å². The van der Waals surface area contributed by atoms with Crippen molar-refractivity contribution < 1.29 is 13.9 Å². The Kier molecular flexibility index (Phi) is 5.24. The molecule has 0 radical (unpaired) electrons. The third-order valence-corrected chi connectivity index (χ3v) is 4.61. The van der Waals surface area contributed by atoms with Crippen molar-refractivity contribution in [2.45, 2.75) is 19.6 Å².